The molecule has 0 saturated heterocycles. The first-order chi connectivity index (χ1) is 11.2. The number of aromatic nitrogens is 6. The number of hydrogen-bond acceptors (Lipinski definition) is 5. The number of fused-ring (bicyclic) bond motifs is 1. The number of pyridine rings is 2. The molecule has 0 fully saturated rings. The Morgan fingerprint density at radius 3 is 2.78 bits per heavy atom. The van der Waals surface area contributed by atoms with Gasteiger partial charge in [-0.1, -0.05) is 12.1 Å². The van der Waals surface area contributed by atoms with Gasteiger partial charge >= 0.3 is 0 Å². The average molecular weight is 302 g/mol. The van der Waals surface area contributed by atoms with E-state index in [0.29, 0.717) is 5.82 Å². The number of nitrogens with zero attached hydrogens (tertiary/aromatic N) is 6. The van der Waals surface area contributed by atoms with Crippen LogP contribution in [-0.2, 0) is 0 Å². The van der Waals surface area contributed by atoms with E-state index in [1.807, 2.05) is 56.3 Å². The molecule has 4 aromatic rings. The van der Waals surface area contributed by atoms with Gasteiger partial charge in [0.2, 0.25) is 0 Å². The van der Waals surface area contributed by atoms with Crippen LogP contribution in [-0.4, -0.2) is 30.2 Å². The van der Waals surface area contributed by atoms with Crippen LogP contribution in [0.15, 0.2) is 48.7 Å². The van der Waals surface area contributed by atoms with Crippen molar-refractivity contribution in [2.75, 3.05) is 0 Å². The fourth-order valence-corrected chi connectivity index (χ4v) is 2.61. The van der Waals surface area contributed by atoms with Crippen molar-refractivity contribution in [1.29, 1.82) is 0 Å². The summed E-state index contributed by atoms with van der Waals surface area (Å²) in [4.78, 5) is 8.85. The van der Waals surface area contributed by atoms with E-state index in [1.54, 1.807) is 10.9 Å². The maximum absolute atomic E-state index is 4.56. The molecule has 3 aromatic heterocycles. The molecule has 0 aliphatic heterocycles. The molecule has 0 aliphatic carbocycles. The van der Waals surface area contributed by atoms with Crippen molar-refractivity contribution < 1.29 is 0 Å². The first-order valence-electron chi connectivity index (χ1n) is 7.30. The Hall–Kier alpha value is -3.15. The van der Waals surface area contributed by atoms with E-state index in [1.165, 1.54) is 0 Å². The summed E-state index contributed by atoms with van der Waals surface area (Å²) in [5.41, 5.74) is 4.55. The van der Waals surface area contributed by atoms with Gasteiger partial charge in [0.1, 0.15) is 0 Å². The normalized spacial score (nSPS) is 11.0. The van der Waals surface area contributed by atoms with Gasteiger partial charge in [0.15, 0.2) is 11.5 Å². The molecule has 23 heavy (non-hydrogen) atoms. The number of hydrogen-bond donors (Lipinski definition) is 0. The van der Waals surface area contributed by atoms with E-state index in [9.17, 15) is 0 Å². The highest BCUT2D eigenvalue weighted by atomic mass is 15.5. The highest BCUT2D eigenvalue weighted by Crippen LogP contribution is 2.25. The summed E-state index contributed by atoms with van der Waals surface area (Å²) in [5.74, 6) is 0.673. The number of rotatable bonds is 2. The summed E-state index contributed by atoms with van der Waals surface area (Å²) in [6.07, 6.45) is 1.74. The molecular weight excluding hydrogens is 288 g/mol. The van der Waals surface area contributed by atoms with Gasteiger partial charge in [-0.15, -0.1) is 5.10 Å². The highest BCUT2D eigenvalue weighted by molar-refractivity contribution is 5.80. The van der Waals surface area contributed by atoms with Gasteiger partial charge in [-0.3, -0.25) is 0 Å². The zero-order valence-electron chi connectivity index (χ0n) is 12.8. The van der Waals surface area contributed by atoms with Crippen molar-refractivity contribution in [3.63, 3.8) is 0 Å². The summed E-state index contributed by atoms with van der Waals surface area (Å²) in [6.45, 7) is 3.99. The van der Waals surface area contributed by atoms with Gasteiger partial charge in [-0.25, -0.2) is 9.97 Å². The highest BCUT2D eigenvalue weighted by Gasteiger charge is 2.15. The number of tetrazole rings is 1. The van der Waals surface area contributed by atoms with Crippen molar-refractivity contribution in [2.45, 2.75) is 13.8 Å². The molecule has 1 aromatic carbocycles. The van der Waals surface area contributed by atoms with E-state index in [-0.39, 0.29) is 0 Å². The molecular formula is C17H14N6. The Morgan fingerprint density at radius 2 is 1.91 bits per heavy atom. The summed E-state index contributed by atoms with van der Waals surface area (Å²) in [5, 5.41) is 13.1. The Morgan fingerprint density at radius 1 is 1.00 bits per heavy atom. The molecule has 6 heteroatoms. The van der Waals surface area contributed by atoms with Crippen LogP contribution in [0.2, 0.25) is 0 Å². The zero-order chi connectivity index (χ0) is 15.8. The molecule has 0 spiro atoms. The van der Waals surface area contributed by atoms with Crippen LogP contribution >= 0.6 is 0 Å². The second-order valence-electron chi connectivity index (χ2n) is 5.42. The largest absolute Gasteiger partial charge is 0.237 e. The quantitative estimate of drug-likeness (QED) is 0.569. The predicted octanol–water partition coefficient (Wildman–Crippen LogP) is 2.89. The van der Waals surface area contributed by atoms with Crippen LogP contribution in [0.5, 0.6) is 0 Å². The molecule has 0 saturated carbocycles. The molecule has 6 nitrogen and oxygen atoms in total. The molecule has 0 amide bonds. The third kappa shape index (κ3) is 2.34. The minimum absolute atomic E-state index is 0.673. The molecule has 0 radical (unpaired) electrons. The van der Waals surface area contributed by atoms with Gasteiger partial charge < -0.3 is 0 Å². The predicted molar refractivity (Wildman–Crippen MR) is 87.2 cm³/mol. The van der Waals surface area contributed by atoms with E-state index >= 15 is 0 Å². The molecule has 112 valence electrons. The third-order valence-corrected chi connectivity index (χ3v) is 3.74. The minimum atomic E-state index is 0.673. The van der Waals surface area contributed by atoms with Crippen molar-refractivity contribution in [3.8, 4) is 17.1 Å². The maximum atomic E-state index is 4.56. The third-order valence-electron chi connectivity index (χ3n) is 3.74. The summed E-state index contributed by atoms with van der Waals surface area (Å²) < 4.78 is 1.74. The lowest BCUT2D eigenvalue weighted by molar-refractivity contribution is 0.790. The molecule has 0 unspecified atom stereocenters. The lowest BCUT2D eigenvalue weighted by Crippen LogP contribution is -2.02. The molecule has 0 bridgehead atoms. The van der Waals surface area contributed by atoms with Crippen LogP contribution < -0.4 is 0 Å². The Bertz CT molecular complexity index is 1000. The zero-order valence-corrected chi connectivity index (χ0v) is 12.8. The van der Waals surface area contributed by atoms with E-state index in [4.69, 9.17) is 0 Å². The molecule has 0 aliphatic rings. The minimum Gasteiger partial charge on any atom is -0.237 e. The second kappa shape index (κ2) is 5.24. The van der Waals surface area contributed by atoms with Crippen molar-refractivity contribution >= 4 is 11.0 Å². The monoisotopic (exact) mass is 302 g/mol. The van der Waals surface area contributed by atoms with Crippen LogP contribution in [0, 0.1) is 13.8 Å². The van der Waals surface area contributed by atoms with Gasteiger partial charge in [-0.05, 0) is 60.2 Å². The molecule has 0 atom stereocenters. The standard InChI is InChI=1S/C17H14N6/c1-11-5-3-7-14(9-11)23-17(20-21-22-23)15-10-13-6-4-8-18-16(13)19-12(15)2/h3-10H,1-2H3. The van der Waals surface area contributed by atoms with Gasteiger partial charge in [-0.2, -0.15) is 4.68 Å². The van der Waals surface area contributed by atoms with E-state index in [0.717, 1.165) is 33.5 Å². The van der Waals surface area contributed by atoms with Crippen LogP contribution in [0.1, 0.15) is 11.3 Å². The number of aryl methyl sites for hydroxylation is 2. The Labute approximate surface area is 132 Å². The molecule has 0 N–H and O–H groups in total. The second-order valence-corrected chi connectivity index (χ2v) is 5.42. The Balaban J connectivity index is 1.93. The van der Waals surface area contributed by atoms with Crippen molar-refractivity contribution in [3.05, 3.63) is 59.9 Å². The average Bonchev–Trinajstić information content (AvgIpc) is 3.03. The van der Waals surface area contributed by atoms with E-state index in [2.05, 4.69) is 25.5 Å². The van der Waals surface area contributed by atoms with Gasteiger partial charge in [0.25, 0.3) is 0 Å². The first-order valence-corrected chi connectivity index (χ1v) is 7.30. The summed E-state index contributed by atoms with van der Waals surface area (Å²) in [7, 11) is 0. The fourth-order valence-electron chi connectivity index (χ4n) is 2.61. The van der Waals surface area contributed by atoms with Crippen LogP contribution in [0.25, 0.3) is 28.1 Å². The smallest absolute Gasteiger partial charge is 0.188 e. The maximum Gasteiger partial charge on any atom is 0.188 e. The lowest BCUT2D eigenvalue weighted by Gasteiger charge is -2.08. The topological polar surface area (TPSA) is 69.4 Å². The van der Waals surface area contributed by atoms with Crippen molar-refractivity contribution in [1.82, 2.24) is 30.2 Å². The fraction of sp³-hybridized carbons (Fsp3) is 0.118. The first kappa shape index (κ1) is 13.5. The lowest BCUT2D eigenvalue weighted by atomic mass is 10.1. The van der Waals surface area contributed by atoms with E-state index < -0.39 is 0 Å². The molecule has 3 heterocycles. The van der Waals surface area contributed by atoms with Gasteiger partial charge in [0, 0.05) is 17.1 Å². The molecule has 4 rings (SSSR count). The summed E-state index contributed by atoms with van der Waals surface area (Å²) >= 11 is 0. The SMILES string of the molecule is Cc1cccc(-n2nnnc2-c2cc3cccnc3nc2C)c1. The van der Waals surface area contributed by atoms with Crippen molar-refractivity contribution in [2.24, 2.45) is 0 Å². The number of benzene rings is 1. The van der Waals surface area contributed by atoms with Gasteiger partial charge in [0.05, 0.1) is 11.4 Å². The summed E-state index contributed by atoms with van der Waals surface area (Å²) in [6, 6.07) is 14.0. The Kier molecular flexibility index (Phi) is 3.08. The van der Waals surface area contributed by atoms with Crippen LogP contribution in [0.4, 0.5) is 0 Å². The van der Waals surface area contributed by atoms with Crippen LogP contribution in [0.3, 0.4) is 0 Å².